The van der Waals surface area contributed by atoms with Crippen molar-refractivity contribution in [2.75, 3.05) is 6.54 Å². The van der Waals surface area contributed by atoms with Gasteiger partial charge in [-0.3, -0.25) is 14.4 Å². The van der Waals surface area contributed by atoms with Crippen molar-refractivity contribution in [1.82, 2.24) is 5.32 Å². The van der Waals surface area contributed by atoms with Crippen molar-refractivity contribution in [3.63, 3.8) is 0 Å². The molecule has 1 aromatic carbocycles. The predicted octanol–water partition coefficient (Wildman–Crippen LogP) is -1.71. The minimum Gasteiger partial charge on any atom is -1.00 e. The molecule has 0 saturated heterocycles. The third-order valence-electron chi connectivity index (χ3n) is 3.35. The molecule has 0 aliphatic carbocycles. The summed E-state index contributed by atoms with van der Waals surface area (Å²) >= 11 is 1.04. The summed E-state index contributed by atoms with van der Waals surface area (Å²) in [6, 6.07) is 12.6. The van der Waals surface area contributed by atoms with Crippen molar-refractivity contribution in [3.05, 3.63) is 60.4 Å². The second-order valence-electron chi connectivity index (χ2n) is 5.34. The van der Waals surface area contributed by atoms with Gasteiger partial charge >= 0.3 is 0 Å². The monoisotopic (exact) mass is 437 g/mol. The van der Waals surface area contributed by atoms with E-state index in [-0.39, 0.29) is 28.6 Å². The molecule has 0 fully saturated rings. The summed E-state index contributed by atoms with van der Waals surface area (Å²) in [7, 11) is 0. The first-order chi connectivity index (χ1) is 12.1. The number of nitrogens with one attached hydrogen (secondary N) is 1. The van der Waals surface area contributed by atoms with Crippen molar-refractivity contribution in [2.24, 2.45) is 5.73 Å². The molecule has 2 amide bonds. The molecule has 3 N–H and O–H groups in total. The van der Waals surface area contributed by atoms with E-state index in [1.54, 1.807) is 24.3 Å². The quantitative estimate of drug-likeness (QED) is 0.380. The van der Waals surface area contributed by atoms with Crippen LogP contribution >= 0.6 is 11.8 Å². The number of halogens is 1. The Morgan fingerprint density at radius 3 is 2.42 bits per heavy atom. The highest BCUT2D eigenvalue weighted by Gasteiger charge is 2.15. The van der Waals surface area contributed by atoms with Gasteiger partial charge in [0.05, 0.1) is 12.1 Å². The lowest BCUT2D eigenvalue weighted by Crippen LogP contribution is -3.00. The minimum absolute atomic E-state index is 0. The Bertz CT molecular complexity index is 756. The highest BCUT2D eigenvalue weighted by molar-refractivity contribution is 8.13. The Morgan fingerprint density at radius 2 is 1.73 bits per heavy atom. The van der Waals surface area contributed by atoms with Gasteiger partial charge in [-0.15, -0.1) is 0 Å². The van der Waals surface area contributed by atoms with E-state index in [1.165, 1.54) is 0 Å². The third-order valence-corrected chi connectivity index (χ3v) is 4.36. The Labute approximate surface area is 166 Å². The SMILES string of the molecule is NC(=O)CNC(=O)c1ccccc1SC(=O)CCC[n+]1ccccc1.[Br-]. The molecule has 2 rings (SSSR count). The predicted molar refractivity (Wildman–Crippen MR) is 94.7 cm³/mol. The van der Waals surface area contributed by atoms with Crippen LogP contribution in [0.5, 0.6) is 0 Å². The van der Waals surface area contributed by atoms with Crippen LogP contribution in [0.1, 0.15) is 23.2 Å². The van der Waals surface area contributed by atoms with E-state index < -0.39 is 11.8 Å². The Balaban J connectivity index is 0.00000338. The number of nitrogens with zero attached hydrogens (tertiary/aromatic N) is 1. The first kappa shape index (κ1) is 21.9. The van der Waals surface area contributed by atoms with Gasteiger partial charge in [-0.2, -0.15) is 0 Å². The summed E-state index contributed by atoms with van der Waals surface area (Å²) in [4.78, 5) is 35.6. The zero-order valence-corrected chi connectivity index (χ0v) is 16.5. The molecule has 138 valence electrons. The first-order valence-corrected chi connectivity index (χ1v) is 8.68. The summed E-state index contributed by atoms with van der Waals surface area (Å²) < 4.78 is 2.02. The topological polar surface area (TPSA) is 93.1 Å². The number of carbonyl (C=O) groups is 3. The molecule has 0 radical (unpaired) electrons. The fourth-order valence-corrected chi connectivity index (χ4v) is 3.08. The number of pyridine rings is 1. The van der Waals surface area contributed by atoms with Gasteiger partial charge in [0, 0.05) is 29.9 Å². The summed E-state index contributed by atoms with van der Waals surface area (Å²) in [5.41, 5.74) is 5.39. The number of thioether (sulfide) groups is 1. The summed E-state index contributed by atoms with van der Waals surface area (Å²) in [5, 5.41) is 2.43. The largest absolute Gasteiger partial charge is 1.00 e. The fourth-order valence-electron chi connectivity index (χ4n) is 2.17. The zero-order chi connectivity index (χ0) is 18.1. The molecule has 6 nitrogen and oxygen atoms in total. The molecule has 0 atom stereocenters. The van der Waals surface area contributed by atoms with Crippen LogP contribution in [0, 0.1) is 0 Å². The number of rotatable bonds is 8. The molecule has 2 aromatic rings. The van der Waals surface area contributed by atoms with Gasteiger partial charge in [-0.25, -0.2) is 4.57 Å². The number of nitrogens with two attached hydrogens (primary N) is 1. The lowest BCUT2D eigenvalue weighted by Gasteiger charge is -2.08. The van der Waals surface area contributed by atoms with Crippen LogP contribution in [-0.2, 0) is 16.1 Å². The van der Waals surface area contributed by atoms with Crippen LogP contribution in [0.3, 0.4) is 0 Å². The molecule has 8 heteroatoms. The zero-order valence-electron chi connectivity index (χ0n) is 14.1. The second-order valence-corrected chi connectivity index (χ2v) is 6.44. The fraction of sp³-hybridized carbons (Fsp3) is 0.222. The average molecular weight is 438 g/mol. The van der Waals surface area contributed by atoms with Gasteiger partial charge in [0.2, 0.25) is 5.91 Å². The molecule has 0 aliphatic heterocycles. The van der Waals surface area contributed by atoms with E-state index in [2.05, 4.69) is 5.32 Å². The van der Waals surface area contributed by atoms with Crippen LogP contribution in [0.15, 0.2) is 59.8 Å². The third kappa shape index (κ3) is 7.37. The van der Waals surface area contributed by atoms with Gasteiger partial charge in [0.15, 0.2) is 17.5 Å². The Kier molecular flexibility index (Phi) is 9.61. The summed E-state index contributed by atoms with van der Waals surface area (Å²) in [6.07, 6.45) is 5.03. The molecule has 0 spiro atoms. The van der Waals surface area contributed by atoms with Gasteiger partial charge in [-0.05, 0) is 12.1 Å². The number of benzene rings is 1. The van der Waals surface area contributed by atoms with Gasteiger partial charge in [0.25, 0.3) is 5.91 Å². The molecular formula is C18H20BrN3O3S. The van der Waals surface area contributed by atoms with Crippen molar-refractivity contribution in [2.45, 2.75) is 24.3 Å². The van der Waals surface area contributed by atoms with Crippen LogP contribution in [0.2, 0.25) is 0 Å². The summed E-state index contributed by atoms with van der Waals surface area (Å²) in [5.74, 6) is -1.04. The van der Waals surface area contributed by atoms with E-state index in [1.807, 2.05) is 35.2 Å². The average Bonchev–Trinajstić information content (AvgIpc) is 2.61. The van der Waals surface area contributed by atoms with Gasteiger partial charge in [0.1, 0.15) is 6.54 Å². The lowest BCUT2D eigenvalue weighted by molar-refractivity contribution is -0.697. The van der Waals surface area contributed by atoms with E-state index in [0.717, 1.165) is 24.7 Å². The normalized spacial score (nSPS) is 9.85. The maximum atomic E-state index is 12.2. The van der Waals surface area contributed by atoms with E-state index >= 15 is 0 Å². The van der Waals surface area contributed by atoms with Crippen molar-refractivity contribution < 1.29 is 35.9 Å². The smallest absolute Gasteiger partial charge is 0.252 e. The molecule has 0 aliphatic rings. The second kappa shape index (κ2) is 11.4. The Hall–Kier alpha value is -2.19. The van der Waals surface area contributed by atoms with E-state index in [4.69, 9.17) is 5.73 Å². The van der Waals surface area contributed by atoms with Crippen LogP contribution in [0.4, 0.5) is 0 Å². The molecule has 26 heavy (non-hydrogen) atoms. The number of hydrogen-bond acceptors (Lipinski definition) is 4. The van der Waals surface area contributed by atoms with Gasteiger partial charge in [-0.1, -0.05) is 30.0 Å². The number of primary amides is 1. The maximum Gasteiger partial charge on any atom is 0.252 e. The molecule has 1 heterocycles. The van der Waals surface area contributed by atoms with E-state index in [9.17, 15) is 14.4 Å². The Morgan fingerprint density at radius 1 is 1.04 bits per heavy atom. The van der Waals surface area contributed by atoms with Crippen LogP contribution < -0.4 is 32.6 Å². The molecule has 1 aromatic heterocycles. The maximum absolute atomic E-state index is 12.2. The molecule has 0 saturated carbocycles. The highest BCUT2D eigenvalue weighted by atomic mass is 79.9. The summed E-state index contributed by atoms with van der Waals surface area (Å²) in [6.45, 7) is 0.522. The van der Waals surface area contributed by atoms with Crippen molar-refractivity contribution >= 4 is 28.7 Å². The standard InChI is InChI=1S/C18H19N3O3S.BrH/c19-16(22)13-20-18(24)14-7-2-3-8-15(14)25-17(23)9-6-12-21-10-4-1-5-11-21;/h1-5,7-8,10-11H,6,9,12-13H2,(H2-,19,20,22,24);1H. The first-order valence-electron chi connectivity index (χ1n) is 7.86. The lowest BCUT2D eigenvalue weighted by atomic mass is 10.2. The number of carbonyl (C=O) groups excluding carboxylic acids is 3. The highest BCUT2D eigenvalue weighted by Crippen LogP contribution is 2.24. The minimum atomic E-state index is -0.618. The van der Waals surface area contributed by atoms with Crippen LogP contribution in [0.25, 0.3) is 0 Å². The van der Waals surface area contributed by atoms with Gasteiger partial charge < -0.3 is 28.0 Å². The molecular weight excluding hydrogens is 418 g/mol. The molecule has 0 unspecified atom stereocenters. The number of aryl methyl sites for hydroxylation is 1. The van der Waals surface area contributed by atoms with Crippen molar-refractivity contribution in [3.8, 4) is 0 Å². The number of amides is 2. The number of aromatic nitrogens is 1. The van der Waals surface area contributed by atoms with E-state index in [0.29, 0.717) is 16.9 Å². The number of hydrogen-bond donors (Lipinski definition) is 2. The molecule has 0 bridgehead atoms. The van der Waals surface area contributed by atoms with Crippen LogP contribution in [-0.4, -0.2) is 23.5 Å². The van der Waals surface area contributed by atoms with Crippen molar-refractivity contribution in [1.29, 1.82) is 0 Å².